The molecule has 0 bridgehead atoms. The second kappa shape index (κ2) is 5.07. The number of nitrogen functional groups attached to an aromatic ring is 1. The molecule has 7 nitrogen and oxygen atoms in total. The number of hydrogen-bond acceptors (Lipinski definition) is 6. The standard InChI is InChI=1S/C10H12ClN3O4/c11-3-5-8(16)6(4-15)18-9(5)14-2-1-7(12)13-10(14)17/h1-3,6,8-9,15-16H,4H2,(H2,12,13,17)/b5-3-/t6-,8+,9?/m1/s1. The molecular weight excluding hydrogens is 262 g/mol. The molecule has 8 heteroatoms. The Kier molecular flexibility index (Phi) is 3.67. The molecule has 0 amide bonds. The Hall–Kier alpha value is -1.41. The summed E-state index contributed by atoms with van der Waals surface area (Å²) in [7, 11) is 0. The van der Waals surface area contributed by atoms with Gasteiger partial charge in [0.15, 0.2) is 6.23 Å². The minimum atomic E-state index is -1.07. The number of anilines is 1. The van der Waals surface area contributed by atoms with Crippen molar-refractivity contribution in [3.05, 3.63) is 33.9 Å². The van der Waals surface area contributed by atoms with Gasteiger partial charge in [0.05, 0.1) is 6.61 Å². The van der Waals surface area contributed by atoms with E-state index in [1.54, 1.807) is 0 Å². The number of ether oxygens (including phenoxy) is 1. The first-order valence-electron chi connectivity index (χ1n) is 5.17. The van der Waals surface area contributed by atoms with E-state index in [2.05, 4.69) is 4.98 Å². The second-order valence-corrected chi connectivity index (χ2v) is 4.02. The van der Waals surface area contributed by atoms with E-state index >= 15 is 0 Å². The highest BCUT2D eigenvalue weighted by Gasteiger charge is 2.39. The number of aliphatic hydroxyl groups excluding tert-OH is 2. The largest absolute Gasteiger partial charge is 0.394 e. The molecule has 98 valence electrons. The molecule has 0 spiro atoms. The van der Waals surface area contributed by atoms with Crippen LogP contribution in [0.4, 0.5) is 5.82 Å². The highest BCUT2D eigenvalue weighted by molar-refractivity contribution is 6.25. The van der Waals surface area contributed by atoms with Crippen molar-refractivity contribution in [3.8, 4) is 0 Å². The summed E-state index contributed by atoms with van der Waals surface area (Å²) in [5, 5.41) is 18.9. The van der Waals surface area contributed by atoms with Crippen molar-refractivity contribution < 1.29 is 14.9 Å². The van der Waals surface area contributed by atoms with Gasteiger partial charge in [0.25, 0.3) is 0 Å². The van der Waals surface area contributed by atoms with Crippen LogP contribution in [0.25, 0.3) is 0 Å². The van der Waals surface area contributed by atoms with Crippen LogP contribution in [0.3, 0.4) is 0 Å². The van der Waals surface area contributed by atoms with Gasteiger partial charge in [-0.25, -0.2) is 4.79 Å². The van der Waals surface area contributed by atoms with E-state index in [9.17, 15) is 9.90 Å². The number of nitrogens with two attached hydrogens (primary N) is 1. The van der Waals surface area contributed by atoms with E-state index in [1.807, 2.05) is 0 Å². The normalized spacial score (nSPS) is 29.9. The van der Waals surface area contributed by atoms with Crippen molar-refractivity contribution >= 4 is 17.4 Å². The van der Waals surface area contributed by atoms with Gasteiger partial charge in [0.1, 0.15) is 18.0 Å². The molecule has 0 saturated carbocycles. The van der Waals surface area contributed by atoms with E-state index in [1.165, 1.54) is 12.3 Å². The van der Waals surface area contributed by atoms with Crippen molar-refractivity contribution in [2.24, 2.45) is 0 Å². The fourth-order valence-corrected chi connectivity index (χ4v) is 2.01. The third-order valence-electron chi connectivity index (χ3n) is 2.69. The van der Waals surface area contributed by atoms with Crippen molar-refractivity contribution in [1.82, 2.24) is 9.55 Å². The minimum Gasteiger partial charge on any atom is -0.394 e. The quantitative estimate of drug-likeness (QED) is 0.650. The van der Waals surface area contributed by atoms with E-state index in [0.29, 0.717) is 0 Å². The van der Waals surface area contributed by atoms with Gasteiger partial charge < -0.3 is 20.7 Å². The lowest BCUT2D eigenvalue weighted by molar-refractivity contribution is -0.0447. The molecule has 1 unspecified atom stereocenters. The van der Waals surface area contributed by atoms with E-state index in [0.717, 1.165) is 10.1 Å². The van der Waals surface area contributed by atoms with Gasteiger partial charge in [-0.2, -0.15) is 4.98 Å². The van der Waals surface area contributed by atoms with Gasteiger partial charge >= 0.3 is 5.69 Å². The average Bonchev–Trinajstić information content (AvgIpc) is 2.65. The number of aliphatic hydroxyl groups is 2. The molecule has 1 saturated heterocycles. The Labute approximate surface area is 107 Å². The lowest BCUT2D eigenvalue weighted by atomic mass is 10.1. The molecule has 1 aliphatic rings. The summed E-state index contributed by atoms with van der Waals surface area (Å²) in [6, 6.07) is 1.43. The zero-order chi connectivity index (χ0) is 13.3. The van der Waals surface area contributed by atoms with Gasteiger partial charge in [-0.05, 0) is 6.07 Å². The molecule has 4 N–H and O–H groups in total. The fourth-order valence-electron chi connectivity index (χ4n) is 1.77. The van der Waals surface area contributed by atoms with E-state index in [-0.39, 0.29) is 18.0 Å². The summed E-state index contributed by atoms with van der Waals surface area (Å²) in [5.74, 6) is 0.0879. The third-order valence-corrected chi connectivity index (χ3v) is 2.94. The molecule has 0 aliphatic carbocycles. The highest BCUT2D eigenvalue weighted by Crippen LogP contribution is 2.33. The molecule has 3 atom stereocenters. The van der Waals surface area contributed by atoms with Crippen LogP contribution in [-0.4, -0.2) is 38.6 Å². The number of aromatic nitrogens is 2. The predicted molar refractivity (Wildman–Crippen MR) is 63.8 cm³/mol. The molecule has 0 radical (unpaired) electrons. The summed E-state index contributed by atoms with van der Waals surface area (Å²) in [6.07, 6.45) is -1.40. The van der Waals surface area contributed by atoms with Crippen LogP contribution in [0.5, 0.6) is 0 Å². The molecule has 1 fully saturated rings. The second-order valence-electron chi connectivity index (χ2n) is 3.81. The lowest BCUT2D eigenvalue weighted by Gasteiger charge is -2.14. The Morgan fingerprint density at radius 1 is 1.67 bits per heavy atom. The SMILES string of the molecule is Nc1ccn(C2O[C@H](CO)[C@@H](O)/C2=C/Cl)c(=O)n1. The maximum Gasteiger partial charge on any atom is 0.351 e. The van der Waals surface area contributed by atoms with Gasteiger partial charge in [0, 0.05) is 17.3 Å². The average molecular weight is 274 g/mol. The van der Waals surface area contributed by atoms with E-state index < -0.39 is 24.1 Å². The summed E-state index contributed by atoms with van der Waals surface area (Å²) < 4.78 is 6.50. The highest BCUT2D eigenvalue weighted by atomic mass is 35.5. The number of nitrogens with zero attached hydrogens (tertiary/aromatic N) is 2. The smallest absolute Gasteiger partial charge is 0.351 e. The number of halogens is 1. The monoisotopic (exact) mass is 273 g/mol. The predicted octanol–water partition coefficient (Wildman–Crippen LogP) is -0.801. The van der Waals surface area contributed by atoms with Crippen LogP contribution < -0.4 is 11.4 Å². The molecule has 1 aliphatic heterocycles. The van der Waals surface area contributed by atoms with Gasteiger partial charge in [0.2, 0.25) is 0 Å². The Bertz CT molecular complexity index is 530. The van der Waals surface area contributed by atoms with Crippen LogP contribution in [-0.2, 0) is 4.74 Å². The number of rotatable bonds is 2. The van der Waals surface area contributed by atoms with E-state index in [4.69, 9.17) is 27.2 Å². The molecule has 0 aromatic carbocycles. The minimum absolute atomic E-state index is 0.0879. The maximum absolute atomic E-state index is 11.7. The Morgan fingerprint density at radius 2 is 2.39 bits per heavy atom. The Balaban J connectivity index is 2.41. The molecule has 1 aromatic rings. The molecule has 2 rings (SSSR count). The maximum atomic E-state index is 11.7. The topological polar surface area (TPSA) is 111 Å². The summed E-state index contributed by atoms with van der Waals surface area (Å²) in [6.45, 7) is -0.386. The molecule has 2 heterocycles. The molecular formula is C10H12ClN3O4. The fraction of sp³-hybridized carbons (Fsp3) is 0.400. The number of hydrogen-bond donors (Lipinski definition) is 3. The first-order chi connectivity index (χ1) is 8.58. The zero-order valence-corrected chi connectivity index (χ0v) is 9.99. The first kappa shape index (κ1) is 13.0. The first-order valence-corrected chi connectivity index (χ1v) is 5.61. The van der Waals surface area contributed by atoms with Crippen LogP contribution in [0, 0.1) is 0 Å². The Morgan fingerprint density at radius 3 is 2.94 bits per heavy atom. The van der Waals surface area contributed by atoms with Crippen molar-refractivity contribution in [2.75, 3.05) is 12.3 Å². The van der Waals surface area contributed by atoms with Gasteiger partial charge in [-0.15, -0.1) is 0 Å². The van der Waals surface area contributed by atoms with Gasteiger partial charge in [-0.1, -0.05) is 11.6 Å². The van der Waals surface area contributed by atoms with Crippen molar-refractivity contribution in [3.63, 3.8) is 0 Å². The van der Waals surface area contributed by atoms with Gasteiger partial charge in [-0.3, -0.25) is 4.57 Å². The summed E-state index contributed by atoms with van der Waals surface area (Å²) in [5.41, 5.74) is 6.17. The molecule has 18 heavy (non-hydrogen) atoms. The summed E-state index contributed by atoms with van der Waals surface area (Å²) >= 11 is 5.61. The zero-order valence-electron chi connectivity index (χ0n) is 9.23. The van der Waals surface area contributed by atoms with Crippen LogP contribution in [0.2, 0.25) is 0 Å². The third kappa shape index (κ3) is 2.13. The van der Waals surface area contributed by atoms with Crippen LogP contribution >= 0.6 is 11.6 Å². The van der Waals surface area contributed by atoms with Crippen LogP contribution in [0.15, 0.2) is 28.2 Å². The molecule has 1 aromatic heterocycles. The van der Waals surface area contributed by atoms with Crippen LogP contribution in [0.1, 0.15) is 6.23 Å². The van der Waals surface area contributed by atoms with Crippen molar-refractivity contribution in [2.45, 2.75) is 18.4 Å². The van der Waals surface area contributed by atoms with Crippen molar-refractivity contribution in [1.29, 1.82) is 0 Å². The lowest BCUT2D eigenvalue weighted by Crippen LogP contribution is -2.28. The summed E-state index contributed by atoms with van der Waals surface area (Å²) in [4.78, 5) is 15.2.